The molecule has 0 unspecified atom stereocenters. The molecule has 1 aromatic heterocycles. The SMILES string of the molecule is CCOC(=O)N(CCN)C(=O)Nc1ccno1. The normalized spacial score (nSPS) is 9.76. The van der Waals surface area contributed by atoms with Crippen LogP contribution in [0.25, 0.3) is 0 Å². The lowest BCUT2D eigenvalue weighted by atomic mass is 10.5. The summed E-state index contributed by atoms with van der Waals surface area (Å²) in [6, 6.07) is 0.773. The maximum atomic E-state index is 11.7. The van der Waals surface area contributed by atoms with E-state index < -0.39 is 12.1 Å². The van der Waals surface area contributed by atoms with Crippen molar-refractivity contribution in [3.05, 3.63) is 12.3 Å². The second kappa shape index (κ2) is 6.48. The van der Waals surface area contributed by atoms with Gasteiger partial charge in [0.1, 0.15) is 0 Å². The Morgan fingerprint density at radius 2 is 2.41 bits per heavy atom. The lowest BCUT2D eigenvalue weighted by molar-refractivity contribution is 0.118. The monoisotopic (exact) mass is 242 g/mol. The number of nitrogens with zero attached hydrogens (tertiary/aromatic N) is 2. The van der Waals surface area contributed by atoms with Gasteiger partial charge in [-0.05, 0) is 6.92 Å². The van der Waals surface area contributed by atoms with E-state index in [9.17, 15) is 9.59 Å². The summed E-state index contributed by atoms with van der Waals surface area (Å²) in [6.45, 7) is 2.02. The molecule has 0 saturated heterocycles. The molecule has 94 valence electrons. The Morgan fingerprint density at radius 3 is 2.94 bits per heavy atom. The summed E-state index contributed by atoms with van der Waals surface area (Å²) in [5.41, 5.74) is 5.31. The summed E-state index contributed by atoms with van der Waals surface area (Å²) in [7, 11) is 0. The van der Waals surface area contributed by atoms with Crippen LogP contribution < -0.4 is 11.1 Å². The largest absolute Gasteiger partial charge is 0.449 e. The van der Waals surface area contributed by atoms with E-state index >= 15 is 0 Å². The summed E-state index contributed by atoms with van der Waals surface area (Å²) < 4.78 is 9.40. The van der Waals surface area contributed by atoms with Crippen LogP contribution in [0.5, 0.6) is 0 Å². The Kier molecular flexibility index (Phi) is 4.95. The van der Waals surface area contributed by atoms with Crippen molar-refractivity contribution in [3.63, 3.8) is 0 Å². The molecule has 1 rings (SSSR count). The standard InChI is InChI=1S/C9H14N4O4/c1-2-16-9(15)13(6-4-10)8(14)12-7-3-5-11-17-7/h3,5H,2,4,6,10H2,1H3,(H,12,14). The fourth-order valence-corrected chi connectivity index (χ4v) is 1.06. The summed E-state index contributed by atoms with van der Waals surface area (Å²) >= 11 is 0. The van der Waals surface area contributed by atoms with Gasteiger partial charge in [-0.2, -0.15) is 0 Å². The van der Waals surface area contributed by atoms with E-state index in [-0.39, 0.29) is 25.6 Å². The fraction of sp³-hybridized carbons (Fsp3) is 0.444. The van der Waals surface area contributed by atoms with Crippen LogP contribution >= 0.6 is 0 Å². The lowest BCUT2D eigenvalue weighted by Gasteiger charge is -2.18. The first-order valence-corrected chi connectivity index (χ1v) is 5.05. The van der Waals surface area contributed by atoms with E-state index in [1.165, 1.54) is 12.3 Å². The molecule has 8 heteroatoms. The Labute approximate surface area is 97.7 Å². The number of ether oxygens (including phenoxy) is 1. The highest BCUT2D eigenvalue weighted by Gasteiger charge is 2.22. The van der Waals surface area contributed by atoms with E-state index in [2.05, 4.69) is 15.0 Å². The highest BCUT2D eigenvalue weighted by Crippen LogP contribution is 2.06. The maximum Gasteiger partial charge on any atom is 0.418 e. The predicted octanol–water partition coefficient (Wildman–Crippen LogP) is 0.624. The van der Waals surface area contributed by atoms with Crippen LogP contribution in [0.1, 0.15) is 6.92 Å². The van der Waals surface area contributed by atoms with Gasteiger partial charge < -0.3 is 15.0 Å². The summed E-state index contributed by atoms with van der Waals surface area (Å²) in [5.74, 6) is 0.140. The quantitative estimate of drug-likeness (QED) is 0.800. The molecule has 0 fully saturated rings. The van der Waals surface area contributed by atoms with Gasteiger partial charge in [-0.3, -0.25) is 5.32 Å². The molecule has 0 radical (unpaired) electrons. The van der Waals surface area contributed by atoms with Crippen LogP contribution in [0.2, 0.25) is 0 Å². The average molecular weight is 242 g/mol. The van der Waals surface area contributed by atoms with Crippen molar-refractivity contribution in [2.24, 2.45) is 5.73 Å². The van der Waals surface area contributed by atoms with Gasteiger partial charge in [-0.15, -0.1) is 0 Å². The number of amides is 3. The minimum absolute atomic E-state index is 0.0544. The molecular formula is C9H14N4O4. The number of nitrogens with two attached hydrogens (primary N) is 1. The molecule has 0 atom stereocenters. The second-order valence-electron chi connectivity index (χ2n) is 2.95. The Bertz CT molecular complexity index is 365. The van der Waals surface area contributed by atoms with Gasteiger partial charge in [0, 0.05) is 19.2 Å². The van der Waals surface area contributed by atoms with Gasteiger partial charge in [-0.25, -0.2) is 14.5 Å². The van der Waals surface area contributed by atoms with E-state index in [1.54, 1.807) is 6.92 Å². The first kappa shape index (κ1) is 13.0. The molecule has 0 aromatic carbocycles. The van der Waals surface area contributed by atoms with Crippen LogP contribution in [-0.2, 0) is 4.74 Å². The van der Waals surface area contributed by atoms with Gasteiger partial charge in [-0.1, -0.05) is 5.16 Å². The van der Waals surface area contributed by atoms with Gasteiger partial charge in [0.25, 0.3) is 0 Å². The Morgan fingerprint density at radius 1 is 1.65 bits per heavy atom. The van der Waals surface area contributed by atoms with Crippen molar-refractivity contribution in [1.29, 1.82) is 0 Å². The number of urea groups is 1. The maximum absolute atomic E-state index is 11.7. The molecule has 0 bridgehead atoms. The molecule has 0 aliphatic rings. The molecule has 17 heavy (non-hydrogen) atoms. The minimum Gasteiger partial charge on any atom is -0.449 e. The van der Waals surface area contributed by atoms with Crippen LogP contribution in [0.4, 0.5) is 15.5 Å². The summed E-state index contributed by atoms with van der Waals surface area (Å²) in [4.78, 5) is 24.0. The minimum atomic E-state index is -0.755. The van der Waals surface area contributed by atoms with Crippen LogP contribution in [0, 0.1) is 0 Å². The predicted molar refractivity (Wildman–Crippen MR) is 58.3 cm³/mol. The Balaban J connectivity index is 2.63. The molecule has 8 nitrogen and oxygen atoms in total. The van der Waals surface area contributed by atoms with Gasteiger partial charge in [0.15, 0.2) is 0 Å². The molecular weight excluding hydrogens is 228 g/mol. The smallest absolute Gasteiger partial charge is 0.418 e. The van der Waals surface area contributed by atoms with E-state index in [4.69, 9.17) is 10.5 Å². The molecule has 0 spiro atoms. The third kappa shape index (κ3) is 3.76. The van der Waals surface area contributed by atoms with E-state index in [1.807, 2.05) is 0 Å². The third-order valence-corrected chi connectivity index (χ3v) is 1.75. The van der Waals surface area contributed by atoms with Gasteiger partial charge in [0.2, 0.25) is 5.88 Å². The van der Waals surface area contributed by atoms with Gasteiger partial charge >= 0.3 is 12.1 Å². The first-order valence-electron chi connectivity index (χ1n) is 5.05. The molecule has 0 aliphatic carbocycles. The number of nitrogens with one attached hydrogen (secondary N) is 1. The zero-order chi connectivity index (χ0) is 12.7. The molecule has 1 aromatic rings. The van der Waals surface area contributed by atoms with Gasteiger partial charge in [0.05, 0.1) is 12.8 Å². The number of rotatable bonds is 4. The molecule has 0 saturated carbocycles. The summed E-state index contributed by atoms with van der Waals surface area (Å²) in [6.07, 6.45) is 0.614. The number of hydrogen-bond donors (Lipinski definition) is 2. The van der Waals surface area contributed by atoms with Crippen molar-refractivity contribution in [2.75, 3.05) is 25.0 Å². The number of hydrogen-bond acceptors (Lipinski definition) is 6. The van der Waals surface area contributed by atoms with Crippen LogP contribution in [0.15, 0.2) is 16.8 Å². The lowest BCUT2D eigenvalue weighted by Crippen LogP contribution is -2.43. The molecule has 0 aliphatic heterocycles. The number of imide groups is 1. The van der Waals surface area contributed by atoms with Crippen LogP contribution in [0.3, 0.4) is 0 Å². The molecule has 3 N–H and O–H groups in total. The van der Waals surface area contributed by atoms with E-state index in [0.717, 1.165) is 4.90 Å². The van der Waals surface area contributed by atoms with Crippen LogP contribution in [-0.4, -0.2) is 41.9 Å². The number of carbonyl (C=O) groups excluding carboxylic acids is 2. The zero-order valence-electron chi connectivity index (χ0n) is 9.38. The Hall–Kier alpha value is -2.09. The van der Waals surface area contributed by atoms with Crippen molar-refractivity contribution >= 4 is 18.0 Å². The van der Waals surface area contributed by atoms with Crippen molar-refractivity contribution in [1.82, 2.24) is 10.1 Å². The zero-order valence-corrected chi connectivity index (χ0v) is 9.38. The fourth-order valence-electron chi connectivity index (χ4n) is 1.06. The van der Waals surface area contributed by atoms with Crippen molar-refractivity contribution < 1.29 is 18.8 Å². The van der Waals surface area contributed by atoms with Crippen molar-refractivity contribution in [2.45, 2.75) is 6.92 Å². The second-order valence-corrected chi connectivity index (χ2v) is 2.95. The molecule has 1 heterocycles. The van der Waals surface area contributed by atoms with Crippen molar-refractivity contribution in [3.8, 4) is 0 Å². The average Bonchev–Trinajstić information content (AvgIpc) is 2.78. The summed E-state index contributed by atoms with van der Waals surface area (Å²) in [5, 5.41) is 5.76. The highest BCUT2D eigenvalue weighted by atomic mass is 16.6. The first-order chi connectivity index (χ1) is 8.19. The highest BCUT2D eigenvalue weighted by molar-refractivity contribution is 5.98. The number of aromatic nitrogens is 1. The number of anilines is 1. The topological polar surface area (TPSA) is 111 Å². The number of carbonyl (C=O) groups is 2. The molecule has 3 amide bonds. The van der Waals surface area contributed by atoms with E-state index in [0.29, 0.717) is 0 Å². The third-order valence-electron chi connectivity index (χ3n) is 1.75.